The van der Waals surface area contributed by atoms with Crippen LogP contribution in [0.2, 0.25) is 0 Å². The number of nitrogens with one attached hydrogen (secondary N) is 1. The highest BCUT2D eigenvalue weighted by Gasteiger charge is 2.17. The minimum Gasteiger partial charge on any atom is -0.467 e. The van der Waals surface area contributed by atoms with Crippen LogP contribution in [0.4, 0.5) is 10.1 Å². The Hall–Kier alpha value is -3.27. The van der Waals surface area contributed by atoms with Crippen molar-refractivity contribution in [1.29, 1.82) is 5.26 Å². The van der Waals surface area contributed by atoms with E-state index in [9.17, 15) is 14.4 Å². The molecule has 1 aliphatic heterocycles. The Morgan fingerprint density at radius 2 is 1.96 bits per heavy atom. The third-order valence-corrected chi connectivity index (χ3v) is 4.19. The fourth-order valence-electron chi connectivity index (χ4n) is 2.76. The third-order valence-electron chi connectivity index (χ3n) is 4.19. The molecule has 1 fully saturated rings. The van der Waals surface area contributed by atoms with E-state index in [-0.39, 0.29) is 17.9 Å². The molecule has 2 heterocycles. The van der Waals surface area contributed by atoms with Gasteiger partial charge >= 0.3 is 0 Å². The summed E-state index contributed by atoms with van der Waals surface area (Å²) in [7, 11) is 0. The molecule has 1 aromatic heterocycles. The number of piperazine rings is 1. The van der Waals surface area contributed by atoms with Crippen molar-refractivity contribution in [2.24, 2.45) is 0 Å². The predicted octanol–water partition coefficient (Wildman–Crippen LogP) is 2.26. The maximum atomic E-state index is 13.0. The standard InChI is InChI=1S/C19H19FN4O2/c20-16-3-5-17(6-4-16)24-9-7-23(8-10-24)14-15(12-21)19(25)22-13-18-2-1-11-26-18/h1-6,11,14H,7-10,13H2,(H,22,25)/b15-14-. The van der Waals surface area contributed by atoms with Gasteiger partial charge in [-0.1, -0.05) is 0 Å². The molecule has 0 radical (unpaired) electrons. The summed E-state index contributed by atoms with van der Waals surface area (Å²) in [4.78, 5) is 16.2. The van der Waals surface area contributed by atoms with Gasteiger partial charge in [0.2, 0.25) is 0 Å². The number of amides is 1. The molecule has 7 heteroatoms. The van der Waals surface area contributed by atoms with Crippen LogP contribution in [0.3, 0.4) is 0 Å². The van der Waals surface area contributed by atoms with Gasteiger partial charge in [-0.05, 0) is 36.4 Å². The number of rotatable bonds is 5. The van der Waals surface area contributed by atoms with Gasteiger partial charge in [-0.15, -0.1) is 0 Å². The van der Waals surface area contributed by atoms with Gasteiger partial charge in [-0.25, -0.2) is 4.39 Å². The first-order valence-electron chi connectivity index (χ1n) is 8.33. The molecule has 0 unspecified atom stereocenters. The van der Waals surface area contributed by atoms with Crippen LogP contribution in [0.1, 0.15) is 5.76 Å². The topological polar surface area (TPSA) is 72.5 Å². The van der Waals surface area contributed by atoms with Crippen molar-refractivity contribution in [2.75, 3.05) is 31.1 Å². The largest absolute Gasteiger partial charge is 0.467 e. The first kappa shape index (κ1) is 17.5. The number of furan rings is 1. The van der Waals surface area contributed by atoms with Crippen molar-refractivity contribution < 1.29 is 13.6 Å². The Morgan fingerprint density at radius 3 is 2.58 bits per heavy atom. The third kappa shape index (κ3) is 4.42. The van der Waals surface area contributed by atoms with Crippen molar-refractivity contribution in [1.82, 2.24) is 10.2 Å². The highest BCUT2D eigenvalue weighted by molar-refractivity contribution is 5.97. The number of nitriles is 1. The number of carbonyl (C=O) groups is 1. The SMILES string of the molecule is N#C/C(=C/N1CCN(c2ccc(F)cc2)CC1)C(=O)NCc1ccco1. The highest BCUT2D eigenvalue weighted by Crippen LogP contribution is 2.17. The predicted molar refractivity (Wildman–Crippen MR) is 94.4 cm³/mol. The summed E-state index contributed by atoms with van der Waals surface area (Å²) in [5.74, 6) is -0.0528. The molecule has 0 saturated carbocycles. The minimum atomic E-state index is -0.426. The van der Waals surface area contributed by atoms with Crippen LogP contribution in [-0.2, 0) is 11.3 Å². The number of nitrogens with zero attached hydrogens (tertiary/aromatic N) is 3. The molecule has 1 N–H and O–H groups in total. The fraction of sp³-hybridized carbons (Fsp3) is 0.263. The van der Waals surface area contributed by atoms with Crippen molar-refractivity contribution in [2.45, 2.75) is 6.54 Å². The molecule has 0 bridgehead atoms. The zero-order valence-corrected chi connectivity index (χ0v) is 14.2. The zero-order valence-electron chi connectivity index (χ0n) is 14.2. The molecule has 2 aromatic rings. The maximum absolute atomic E-state index is 13.0. The van der Waals surface area contributed by atoms with Crippen molar-refractivity contribution in [3.8, 4) is 6.07 Å². The second-order valence-electron chi connectivity index (χ2n) is 5.92. The quantitative estimate of drug-likeness (QED) is 0.659. The van der Waals surface area contributed by atoms with Gasteiger partial charge < -0.3 is 19.5 Å². The summed E-state index contributed by atoms with van der Waals surface area (Å²) in [6, 6.07) is 11.8. The average Bonchev–Trinajstić information content (AvgIpc) is 3.19. The van der Waals surface area contributed by atoms with Crippen LogP contribution in [0.25, 0.3) is 0 Å². The number of hydrogen-bond donors (Lipinski definition) is 1. The second-order valence-corrected chi connectivity index (χ2v) is 5.92. The van der Waals surface area contributed by atoms with Gasteiger partial charge in [0.15, 0.2) is 0 Å². The van der Waals surface area contributed by atoms with Crippen LogP contribution in [0, 0.1) is 17.1 Å². The molecule has 0 spiro atoms. The molecular weight excluding hydrogens is 335 g/mol. The molecule has 3 rings (SSSR count). The van der Waals surface area contributed by atoms with E-state index in [0.717, 1.165) is 18.8 Å². The molecule has 0 aliphatic carbocycles. The highest BCUT2D eigenvalue weighted by atomic mass is 19.1. The van der Waals surface area contributed by atoms with E-state index in [2.05, 4.69) is 10.2 Å². The Balaban J connectivity index is 1.54. The molecule has 6 nitrogen and oxygen atoms in total. The van der Waals surface area contributed by atoms with E-state index in [0.29, 0.717) is 18.8 Å². The Kier molecular flexibility index (Phi) is 5.54. The normalized spacial score (nSPS) is 14.8. The van der Waals surface area contributed by atoms with Crippen LogP contribution in [0.15, 0.2) is 58.9 Å². The Morgan fingerprint density at radius 1 is 1.23 bits per heavy atom. The summed E-state index contributed by atoms with van der Waals surface area (Å²) < 4.78 is 18.2. The van der Waals surface area contributed by atoms with Crippen LogP contribution in [-0.4, -0.2) is 37.0 Å². The molecule has 0 atom stereocenters. The first-order chi connectivity index (χ1) is 12.7. The number of halogens is 1. The first-order valence-corrected chi connectivity index (χ1v) is 8.33. The van der Waals surface area contributed by atoms with E-state index < -0.39 is 5.91 Å². The van der Waals surface area contributed by atoms with Gasteiger partial charge in [0.25, 0.3) is 5.91 Å². The molecule has 26 heavy (non-hydrogen) atoms. The lowest BCUT2D eigenvalue weighted by atomic mass is 10.2. The van der Waals surface area contributed by atoms with E-state index in [1.165, 1.54) is 18.4 Å². The van der Waals surface area contributed by atoms with Crippen LogP contribution >= 0.6 is 0 Å². The summed E-state index contributed by atoms with van der Waals surface area (Å²) >= 11 is 0. The number of carbonyl (C=O) groups excluding carboxylic acids is 1. The lowest BCUT2D eigenvalue weighted by Gasteiger charge is -2.35. The summed E-state index contributed by atoms with van der Waals surface area (Å²) in [5.41, 5.74) is 1.03. The maximum Gasteiger partial charge on any atom is 0.263 e. The van der Waals surface area contributed by atoms with Crippen molar-refractivity contribution in [3.05, 3.63) is 66.0 Å². The minimum absolute atomic E-state index is 0.0618. The van der Waals surface area contributed by atoms with Crippen molar-refractivity contribution in [3.63, 3.8) is 0 Å². The summed E-state index contributed by atoms with van der Waals surface area (Å²) in [5, 5.41) is 11.9. The summed E-state index contributed by atoms with van der Waals surface area (Å²) in [6.07, 6.45) is 3.13. The number of benzene rings is 1. The van der Waals surface area contributed by atoms with Gasteiger partial charge in [-0.3, -0.25) is 4.79 Å². The van der Waals surface area contributed by atoms with Gasteiger partial charge in [0, 0.05) is 38.1 Å². The van der Waals surface area contributed by atoms with E-state index >= 15 is 0 Å². The van der Waals surface area contributed by atoms with E-state index in [1.807, 2.05) is 11.0 Å². The number of hydrogen-bond acceptors (Lipinski definition) is 5. The smallest absolute Gasteiger partial charge is 0.263 e. The van der Waals surface area contributed by atoms with Gasteiger partial charge in [0.05, 0.1) is 12.8 Å². The fourth-order valence-corrected chi connectivity index (χ4v) is 2.76. The van der Waals surface area contributed by atoms with E-state index in [4.69, 9.17) is 4.42 Å². The molecular formula is C19H19FN4O2. The molecule has 1 aromatic carbocycles. The number of anilines is 1. The summed E-state index contributed by atoms with van der Waals surface area (Å²) in [6.45, 7) is 3.05. The second kappa shape index (κ2) is 8.21. The molecule has 1 amide bonds. The monoisotopic (exact) mass is 354 g/mol. The Bertz CT molecular complexity index is 801. The average molecular weight is 354 g/mol. The van der Waals surface area contributed by atoms with Crippen LogP contribution < -0.4 is 10.2 Å². The lowest BCUT2D eigenvalue weighted by molar-refractivity contribution is -0.117. The van der Waals surface area contributed by atoms with Gasteiger partial charge in [-0.2, -0.15) is 5.26 Å². The van der Waals surface area contributed by atoms with Crippen molar-refractivity contribution >= 4 is 11.6 Å². The van der Waals surface area contributed by atoms with Gasteiger partial charge in [0.1, 0.15) is 23.2 Å². The van der Waals surface area contributed by atoms with E-state index in [1.54, 1.807) is 30.5 Å². The molecule has 1 saturated heterocycles. The Labute approximate surface area is 151 Å². The van der Waals surface area contributed by atoms with Crippen LogP contribution in [0.5, 0.6) is 0 Å². The zero-order chi connectivity index (χ0) is 18.4. The molecule has 1 aliphatic rings. The molecule has 134 valence electrons. The lowest BCUT2D eigenvalue weighted by Crippen LogP contribution is -2.44.